The Balaban J connectivity index is 1.60. The number of rotatable bonds is 4. The van der Waals surface area contributed by atoms with Crippen molar-refractivity contribution in [3.63, 3.8) is 0 Å². The zero-order valence-electron chi connectivity index (χ0n) is 16.3. The van der Waals surface area contributed by atoms with Crippen molar-refractivity contribution in [2.24, 2.45) is 0 Å². The third kappa shape index (κ3) is 3.04. The Hall–Kier alpha value is -3.29. The summed E-state index contributed by atoms with van der Waals surface area (Å²) in [7, 11) is 0. The van der Waals surface area contributed by atoms with Gasteiger partial charge in [-0.3, -0.25) is 14.3 Å². The van der Waals surface area contributed by atoms with E-state index in [1.807, 2.05) is 22.9 Å². The van der Waals surface area contributed by atoms with Gasteiger partial charge in [-0.2, -0.15) is 4.98 Å². The summed E-state index contributed by atoms with van der Waals surface area (Å²) in [5, 5.41) is 2.99. The van der Waals surface area contributed by atoms with Gasteiger partial charge < -0.3 is 10.2 Å². The van der Waals surface area contributed by atoms with Crippen molar-refractivity contribution in [2.45, 2.75) is 51.1 Å². The zero-order chi connectivity index (χ0) is 19.8. The van der Waals surface area contributed by atoms with Crippen LogP contribution in [0.3, 0.4) is 0 Å². The molecule has 1 saturated carbocycles. The molecule has 148 valence electrons. The lowest BCUT2D eigenvalue weighted by Gasteiger charge is -2.40. The van der Waals surface area contributed by atoms with E-state index in [4.69, 9.17) is 4.98 Å². The van der Waals surface area contributed by atoms with Gasteiger partial charge in [0.25, 0.3) is 0 Å². The van der Waals surface area contributed by atoms with Gasteiger partial charge in [0, 0.05) is 36.4 Å². The van der Waals surface area contributed by atoms with E-state index < -0.39 is 0 Å². The van der Waals surface area contributed by atoms with Crippen molar-refractivity contribution >= 4 is 17.4 Å². The van der Waals surface area contributed by atoms with Gasteiger partial charge in [0.1, 0.15) is 17.6 Å². The smallest absolute Gasteiger partial charge is 0.247 e. The van der Waals surface area contributed by atoms with Crippen LogP contribution in [0.5, 0.6) is 0 Å². The molecule has 3 aromatic heterocycles. The summed E-state index contributed by atoms with van der Waals surface area (Å²) in [5.41, 5.74) is 1.57. The third-order valence-electron chi connectivity index (χ3n) is 5.78. The minimum Gasteiger partial charge on any atom is -0.340 e. The highest BCUT2D eigenvalue weighted by Gasteiger charge is 2.38. The topological polar surface area (TPSA) is 88.8 Å². The number of hydrogen-bond acceptors (Lipinski definition) is 6. The molecule has 0 radical (unpaired) electrons. The largest absolute Gasteiger partial charge is 0.340 e. The fourth-order valence-corrected chi connectivity index (χ4v) is 4.42. The van der Waals surface area contributed by atoms with Crippen molar-refractivity contribution in [1.82, 2.24) is 24.5 Å². The van der Waals surface area contributed by atoms with E-state index in [0.717, 1.165) is 36.5 Å². The molecule has 0 saturated heterocycles. The van der Waals surface area contributed by atoms with Gasteiger partial charge in [0.2, 0.25) is 11.9 Å². The van der Waals surface area contributed by atoms with E-state index in [2.05, 4.69) is 32.1 Å². The van der Waals surface area contributed by atoms with Crippen LogP contribution in [-0.2, 0) is 4.79 Å². The van der Waals surface area contributed by atoms with Gasteiger partial charge in [-0.1, -0.05) is 19.8 Å². The fourth-order valence-electron chi connectivity index (χ4n) is 4.42. The second-order valence-corrected chi connectivity index (χ2v) is 7.53. The molecule has 1 atom stereocenters. The molecule has 29 heavy (non-hydrogen) atoms. The first-order chi connectivity index (χ1) is 14.3. The van der Waals surface area contributed by atoms with Crippen LogP contribution in [0.15, 0.2) is 43.1 Å². The van der Waals surface area contributed by atoms with Gasteiger partial charge >= 0.3 is 0 Å². The number of carbonyl (C=O) groups is 1. The molecule has 8 heteroatoms. The van der Waals surface area contributed by atoms with E-state index in [-0.39, 0.29) is 11.9 Å². The summed E-state index contributed by atoms with van der Waals surface area (Å²) in [6, 6.07) is 3.98. The number of amides is 1. The number of fused-ring (bicyclic) bond motifs is 1. The summed E-state index contributed by atoms with van der Waals surface area (Å²) in [6.07, 6.45) is 14.1. The average Bonchev–Trinajstić information content (AvgIpc) is 3.45. The Labute approximate surface area is 169 Å². The summed E-state index contributed by atoms with van der Waals surface area (Å²) in [5.74, 6) is 2.10. The van der Waals surface area contributed by atoms with Gasteiger partial charge in [0.05, 0.1) is 6.20 Å². The highest BCUT2D eigenvalue weighted by molar-refractivity contribution is 6.02. The Kier molecular flexibility index (Phi) is 4.46. The monoisotopic (exact) mass is 389 g/mol. The lowest BCUT2D eigenvalue weighted by atomic mass is 10.0. The first kappa shape index (κ1) is 17.8. The van der Waals surface area contributed by atoms with Gasteiger partial charge in [-0.25, -0.2) is 9.97 Å². The van der Waals surface area contributed by atoms with Gasteiger partial charge in [0.15, 0.2) is 5.82 Å². The normalized spacial score (nSPS) is 19.3. The molecule has 2 aliphatic rings. The molecule has 3 aromatic rings. The molecule has 5 rings (SSSR count). The number of aromatic nitrogens is 5. The molecule has 4 heterocycles. The molecular weight excluding hydrogens is 366 g/mol. The number of nitrogens with one attached hydrogen (secondary N) is 1. The third-order valence-corrected chi connectivity index (χ3v) is 5.78. The summed E-state index contributed by atoms with van der Waals surface area (Å²) in [6.45, 7) is 2.05. The zero-order valence-corrected chi connectivity index (χ0v) is 16.3. The van der Waals surface area contributed by atoms with Crippen LogP contribution >= 0.6 is 0 Å². The van der Waals surface area contributed by atoms with E-state index in [1.54, 1.807) is 24.8 Å². The SMILES string of the molecule is CC[C@@H]1C(=O)Nc2cnc(-n3ccnc3-c3cccnc3)nc2N1C1CCCC1. The fraction of sp³-hybridized carbons (Fsp3) is 0.381. The van der Waals surface area contributed by atoms with E-state index in [0.29, 0.717) is 17.7 Å². The number of imidazole rings is 1. The molecule has 0 unspecified atom stereocenters. The van der Waals surface area contributed by atoms with Crippen molar-refractivity contribution in [3.05, 3.63) is 43.1 Å². The maximum Gasteiger partial charge on any atom is 0.247 e. The van der Waals surface area contributed by atoms with Crippen LogP contribution in [0.4, 0.5) is 11.5 Å². The van der Waals surface area contributed by atoms with E-state index in [9.17, 15) is 4.79 Å². The summed E-state index contributed by atoms with van der Waals surface area (Å²) >= 11 is 0. The molecular formula is C21H23N7O. The Morgan fingerprint density at radius 2 is 2.03 bits per heavy atom. The Bertz CT molecular complexity index is 1030. The van der Waals surface area contributed by atoms with Crippen LogP contribution in [0.2, 0.25) is 0 Å². The molecule has 1 aliphatic heterocycles. The second kappa shape index (κ2) is 7.27. The Morgan fingerprint density at radius 3 is 2.79 bits per heavy atom. The summed E-state index contributed by atoms with van der Waals surface area (Å²) < 4.78 is 1.86. The average molecular weight is 389 g/mol. The number of pyridine rings is 1. The van der Waals surface area contributed by atoms with Crippen molar-refractivity contribution < 1.29 is 4.79 Å². The van der Waals surface area contributed by atoms with E-state index in [1.165, 1.54) is 12.8 Å². The highest BCUT2D eigenvalue weighted by Crippen LogP contribution is 2.37. The molecule has 8 nitrogen and oxygen atoms in total. The van der Waals surface area contributed by atoms with E-state index >= 15 is 0 Å². The molecule has 1 amide bonds. The first-order valence-electron chi connectivity index (χ1n) is 10.2. The molecule has 0 aromatic carbocycles. The van der Waals surface area contributed by atoms with Gasteiger partial charge in [-0.05, 0) is 31.4 Å². The number of carbonyl (C=O) groups excluding carboxylic acids is 1. The minimum absolute atomic E-state index is 0.0296. The molecule has 1 N–H and O–H groups in total. The predicted octanol–water partition coefficient (Wildman–Crippen LogP) is 3.20. The van der Waals surface area contributed by atoms with Crippen molar-refractivity contribution in [3.8, 4) is 17.3 Å². The summed E-state index contributed by atoms with van der Waals surface area (Å²) in [4.78, 5) is 33.0. The maximum atomic E-state index is 12.7. The predicted molar refractivity (Wildman–Crippen MR) is 110 cm³/mol. The quantitative estimate of drug-likeness (QED) is 0.737. The lowest BCUT2D eigenvalue weighted by molar-refractivity contribution is -0.117. The number of anilines is 2. The first-order valence-corrected chi connectivity index (χ1v) is 10.2. The molecule has 0 bridgehead atoms. The van der Waals surface area contributed by atoms with Crippen LogP contribution in [-0.4, -0.2) is 42.5 Å². The number of hydrogen-bond donors (Lipinski definition) is 1. The van der Waals surface area contributed by atoms with Crippen LogP contribution < -0.4 is 10.2 Å². The molecule has 1 fully saturated rings. The highest BCUT2D eigenvalue weighted by atomic mass is 16.2. The number of nitrogens with zero attached hydrogens (tertiary/aromatic N) is 6. The standard InChI is InChI=1S/C21H23N7O/c1-2-17-20(29)25-16-13-24-21(26-19(16)28(17)15-7-3-4-8-15)27-11-10-23-18(27)14-6-5-9-22-12-14/h5-6,9-13,15,17H,2-4,7-8H2,1H3,(H,25,29)/t17-/m1/s1. The minimum atomic E-state index is -0.200. The lowest BCUT2D eigenvalue weighted by Crippen LogP contribution is -2.52. The maximum absolute atomic E-state index is 12.7. The van der Waals surface area contributed by atoms with Gasteiger partial charge in [-0.15, -0.1) is 0 Å². The molecule has 1 aliphatic carbocycles. The van der Waals surface area contributed by atoms with Crippen LogP contribution in [0.25, 0.3) is 17.3 Å². The van der Waals surface area contributed by atoms with Crippen molar-refractivity contribution in [2.75, 3.05) is 10.2 Å². The molecule has 0 spiro atoms. The Morgan fingerprint density at radius 1 is 1.17 bits per heavy atom. The van der Waals surface area contributed by atoms with Crippen molar-refractivity contribution in [1.29, 1.82) is 0 Å². The van der Waals surface area contributed by atoms with Crippen LogP contribution in [0, 0.1) is 0 Å². The van der Waals surface area contributed by atoms with Crippen LogP contribution in [0.1, 0.15) is 39.0 Å². The second-order valence-electron chi connectivity index (χ2n) is 7.53.